The molecule has 1 N–H and O–H groups in total. The van der Waals surface area contributed by atoms with E-state index >= 15 is 0 Å². The maximum Gasteiger partial charge on any atom is 0.0399 e. The zero-order chi connectivity index (χ0) is 12.8. The topological polar surface area (TPSA) is 18.5 Å². The normalized spacial score (nSPS) is 14.3. The Morgan fingerprint density at radius 3 is 2.83 bits per heavy atom. The second kappa shape index (κ2) is 7.02. The quantitative estimate of drug-likeness (QED) is 0.603. The minimum Gasteiger partial charge on any atom is -0.370 e. The molecule has 0 unspecified atom stereocenters. The molecule has 2 rings (SSSR count). The van der Waals surface area contributed by atoms with E-state index in [-0.39, 0.29) is 0 Å². The SMILES string of the molecule is CCN(CC)SNCCN1CCc2ccccc21. The van der Waals surface area contributed by atoms with E-state index in [9.17, 15) is 0 Å². The summed E-state index contributed by atoms with van der Waals surface area (Å²) in [4.78, 5) is 2.48. The van der Waals surface area contributed by atoms with Crippen LogP contribution in [0, 0.1) is 0 Å². The van der Waals surface area contributed by atoms with Crippen molar-refractivity contribution in [3.63, 3.8) is 0 Å². The molecular weight excluding hydrogens is 242 g/mol. The molecule has 0 atom stereocenters. The predicted molar refractivity (Wildman–Crippen MR) is 80.9 cm³/mol. The van der Waals surface area contributed by atoms with Gasteiger partial charge in [-0.05, 0) is 18.1 Å². The van der Waals surface area contributed by atoms with E-state index in [1.165, 1.54) is 17.7 Å². The molecule has 0 spiro atoms. The van der Waals surface area contributed by atoms with Crippen LogP contribution in [0.1, 0.15) is 19.4 Å². The van der Waals surface area contributed by atoms with Crippen molar-refractivity contribution in [1.29, 1.82) is 0 Å². The van der Waals surface area contributed by atoms with E-state index < -0.39 is 0 Å². The summed E-state index contributed by atoms with van der Waals surface area (Å²) in [5, 5.41) is 0. The van der Waals surface area contributed by atoms with Crippen LogP contribution in [-0.2, 0) is 6.42 Å². The average molecular weight is 265 g/mol. The van der Waals surface area contributed by atoms with Crippen molar-refractivity contribution in [3.05, 3.63) is 29.8 Å². The molecule has 1 heterocycles. The van der Waals surface area contributed by atoms with Crippen molar-refractivity contribution >= 4 is 17.8 Å². The molecule has 0 fully saturated rings. The number of anilines is 1. The zero-order valence-corrected chi connectivity index (χ0v) is 12.2. The molecule has 0 aliphatic carbocycles. The lowest BCUT2D eigenvalue weighted by molar-refractivity contribution is 0.520. The first-order chi connectivity index (χ1) is 8.85. The Bertz CT molecular complexity index is 366. The van der Waals surface area contributed by atoms with Crippen LogP contribution in [0.15, 0.2) is 24.3 Å². The van der Waals surface area contributed by atoms with E-state index in [1.807, 2.05) is 0 Å². The first kappa shape index (κ1) is 13.7. The van der Waals surface area contributed by atoms with Gasteiger partial charge >= 0.3 is 0 Å². The highest BCUT2D eigenvalue weighted by Crippen LogP contribution is 2.26. The van der Waals surface area contributed by atoms with Crippen LogP contribution in [-0.4, -0.2) is 37.0 Å². The van der Waals surface area contributed by atoms with Gasteiger partial charge in [0.05, 0.1) is 0 Å². The maximum absolute atomic E-state index is 3.45. The Labute approximate surface area is 115 Å². The van der Waals surface area contributed by atoms with E-state index in [0.717, 1.165) is 32.7 Å². The maximum atomic E-state index is 3.45. The third-order valence-electron chi connectivity index (χ3n) is 3.37. The summed E-state index contributed by atoms with van der Waals surface area (Å²) < 4.78 is 5.76. The Hall–Kier alpha value is -0.710. The van der Waals surface area contributed by atoms with Crippen molar-refractivity contribution in [2.24, 2.45) is 0 Å². The fourth-order valence-electron chi connectivity index (χ4n) is 2.31. The Morgan fingerprint density at radius 1 is 1.28 bits per heavy atom. The van der Waals surface area contributed by atoms with Gasteiger partial charge < -0.3 is 4.90 Å². The number of para-hydroxylation sites is 1. The Kier molecular flexibility index (Phi) is 5.35. The van der Waals surface area contributed by atoms with Gasteiger partial charge in [-0.2, -0.15) is 0 Å². The fraction of sp³-hybridized carbons (Fsp3) is 0.571. The lowest BCUT2D eigenvalue weighted by Gasteiger charge is -2.21. The summed E-state index contributed by atoms with van der Waals surface area (Å²) >= 11 is 1.74. The highest BCUT2D eigenvalue weighted by atomic mass is 32.2. The van der Waals surface area contributed by atoms with Gasteiger partial charge in [-0.3, -0.25) is 0 Å². The van der Waals surface area contributed by atoms with Crippen LogP contribution in [0.3, 0.4) is 0 Å². The van der Waals surface area contributed by atoms with Crippen LogP contribution in [0.5, 0.6) is 0 Å². The number of hydrogen-bond acceptors (Lipinski definition) is 4. The monoisotopic (exact) mass is 265 g/mol. The first-order valence-electron chi connectivity index (χ1n) is 6.82. The molecule has 0 aromatic heterocycles. The molecular formula is C14H23N3S. The van der Waals surface area contributed by atoms with Crippen LogP contribution in [0.25, 0.3) is 0 Å². The number of benzene rings is 1. The fourth-order valence-corrected chi connectivity index (χ4v) is 2.93. The van der Waals surface area contributed by atoms with Crippen molar-refractivity contribution in [3.8, 4) is 0 Å². The second-order valence-corrected chi connectivity index (χ2v) is 5.45. The van der Waals surface area contributed by atoms with Gasteiger partial charge in [0.1, 0.15) is 0 Å². The van der Waals surface area contributed by atoms with Gasteiger partial charge in [-0.25, -0.2) is 9.03 Å². The lowest BCUT2D eigenvalue weighted by atomic mass is 10.2. The number of rotatable bonds is 7. The van der Waals surface area contributed by atoms with Gasteiger partial charge in [-0.1, -0.05) is 32.0 Å². The average Bonchev–Trinajstić information content (AvgIpc) is 2.82. The van der Waals surface area contributed by atoms with Gasteiger partial charge in [0.15, 0.2) is 0 Å². The molecule has 0 saturated heterocycles. The van der Waals surface area contributed by atoms with Crippen molar-refractivity contribution in [2.45, 2.75) is 20.3 Å². The number of hydrogen-bond donors (Lipinski definition) is 1. The van der Waals surface area contributed by atoms with Crippen molar-refractivity contribution < 1.29 is 0 Å². The summed E-state index contributed by atoms with van der Waals surface area (Å²) in [6.07, 6.45) is 1.19. The zero-order valence-electron chi connectivity index (χ0n) is 11.4. The molecule has 0 bridgehead atoms. The molecule has 4 heteroatoms. The molecule has 1 aliphatic heterocycles. The third kappa shape index (κ3) is 3.40. The Balaban J connectivity index is 1.72. The van der Waals surface area contributed by atoms with Gasteiger partial charge in [-0.15, -0.1) is 0 Å². The summed E-state index contributed by atoms with van der Waals surface area (Å²) in [6, 6.07) is 8.75. The molecule has 100 valence electrons. The van der Waals surface area contributed by atoms with E-state index in [0.29, 0.717) is 0 Å². The van der Waals surface area contributed by atoms with Crippen LogP contribution >= 0.6 is 12.1 Å². The Morgan fingerprint density at radius 2 is 2.06 bits per heavy atom. The molecule has 3 nitrogen and oxygen atoms in total. The minimum absolute atomic E-state index is 1.02. The first-order valence-corrected chi connectivity index (χ1v) is 7.60. The summed E-state index contributed by atoms with van der Waals surface area (Å²) in [5.41, 5.74) is 2.92. The molecule has 18 heavy (non-hydrogen) atoms. The smallest absolute Gasteiger partial charge is 0.0399 e. The third-order valence-corrected chi connectivity index (χ3v) is 4.47. The molecule has 1 aliphatic rings. The van der Waals surface area contributed by atoms with Crippen LogP contribution in [0.2, 0.25) is 0 Å². The summed E-state index contributed by atoms with van der Waals surface area (Å²) in [6.45, 7) is 9.82. The number of fused-ring (bicyclic) bond motifs is 1. The highest BCUT2D eigenvalue weighted by Gasteiger charge is 2.17. The highest BCUT2D eigenvalue weighted by molar-refractivity contribution is 7.95. The molecule has 0 amide bonds. The molecule has 0 saturated carbocycles. The van der Waals surface area contributed by atoms with Crippen LogP contribution in [0.4, 0.5) is 5.69 Å². The van der Waals surface area contributed by atoms with E-state index in [1.54, 1.807) is 12.1 Å². The number of nitrogens with one attached hydrogen (secondary N) is 1. The van der Waals surface area contributed by atoms with Crippen molar-refractivity contribution in [1.82, 2.24) is 9.03 Å². The summed E-state index contributed by atoms with van der Waals surface area (Å²) in [5.74, 6) is 0. The largest absolute Gasteiger partial charge is 0.370 e. The van der Waals surface area contributed by atoms with E-state index in [4.69, 9.17) is 0 Å². The standard InChI is InChI=1S/C14H23N3S/c1-3-17(4-2)18-15-10-12-16-11-9-13-7-5-6-8-14(13)16/h5-8,15H,3-4,9-12H2,1-2H3. The number of nitrogens with zero attached hydrogens (tertiary/aromatic N) is 2. The molecule has 0 radical (unpaired) electrons. The predicted octanol–water partition coefficient (Wildman–Crippen LogP) is 2.54. The van der Waals surface area contributed by atoms with E-state index in [2.05, 4.69) is 52.0 Å². The van der Waals surface area contributed by atoms with Gasteiger partial charge in [0.25, 0.3) is 0 Å². The summed E-state index contributed by atoms with van der Waals surface area (Å²) in [7, 11) is 0. The van der Waals surface area contributed by atoms with Crippen LogP contribution < -0.4 is 9.62 Å². The molecule has 1 aromatic rings. The van der Waals surface area contributed by atoms with Gasteiger partial charge in [0, 0.05) is 50.5 Å². The lowest BCUT2D eigenvalue weighted by Crippen LogP contribution is -2.30. The molecule has 1 aromatic carbocycles. The van der Waals surface area contributed by atoms with Crippen molar-refractivity contribution in [2.75, 3.05) is 37.6 Å². The minimum atomic E-state index is 1.02. The van der Waals surface area contributed by atoms with Gasteiger partial charge in [0.2, 0.25) is 0 Å². The second-order valence-electron chi connectivity index (χ2n) is 4.47.